The monoisotopic (exact) mass is 422 g/mol. The van der Waals surface area contributed by atoms with Crippen molar-refractivity contribution < 1.29 is 0 Å². The van der Waals surface area contributed by atoms with Crippen LogP contribution in [0.2, 0.25) is 0 Å². The van der Waals surface area contributed by atoms with Crippen LogP contribution in [0.5, 0.6) is 0 Å². The summed E-state index contributed by atoms with van der Waals surface area (Å²) in [5.74, 6) is 0. The standard InChI is InChI=1S/C31H22N2/c1-21-17-18-31-27(19-21)26-13-4-7-16-30(26)33(31)23-10-8-9-22(20-23)32-28-14-5-2-11-24(28)25-12-3-6-15-29(25)32/h2-20H,1H3. The molecule has 0 aliphatic carbocycles. The lowest BCUT2D eigenvalue weighted by atomic mass is 10.1. The Morgan fingerprint density at radius 1 is 0.394 bits per heavy atom. The van der Waals surface area contributed by atoms with E-state index in [-0.39, 0.29) is 0 Å². The average Bonchev–Trinajstić information content (AvgIpc) is 3.37. The number of nitrogens with zero attached hydrogens (tertiary/aromatic N) is 2. The van der Waals surface area contributed by atoms with Gasteiger partial charge < -0.3 is 9.13 Å². The van der Waals surface area contributed by atoms with E-state index in [1.165, 1.54) is 60.5 Å². The summed E-state index contributed by atoms with van der Waals surface area (Å²) < 4.78 is 4.77. The molecule has 0 amide bonds. The van der Waals surface area contributed by atoms with Crippen molar-refractivity contribution >= 4 is 43.6 Å². The number of hydrogen-bond acceptors (Lipinski definition) is 0. The third-order valence-corrected chi connectivity index (χ3v) is 6.75. The van der Waals surface area contributed by atoms with E-state index < -0.39 is 0 Å². The van der Waals surface area contributed by atoms with Crippen LogP contribution in [-0.4, -0.2) is 9.13 Å². The summed E-state index contributed by atoms with van der Waals surface area (Å²) in [5, 5.41) is 5.16. The molecule has 5 aromatic carbocycles. The van der Waals surface area contributed by atoms with Crippen LogP contribution >= 0.6 is 0 Å². The topological polar surface area (TPSA) is 9.86 Å². The molecule has 0 atom stereocenters. The molecule has 2 heteroatoms. The van der Waals surface area contributed by atoms with Gasteiger partial charge in [0.2, 0.25) is 0 Å². The number of fused-ring (bicyclic) bond motifs is 6. The van der Waals surface area contributed by atoms with Crippen molar-refractivity contribution in [3.63, 3.8) is 0 Å². The summed E-state index contributed by atoms with van der Waals surface area (Å²) in [5.41, 5.74) is 8.55. The van der Waals surface area contributed by atoms with Crippen LogP contribution in [0.15, 0.2) is 115 Å². The summed E-state index contributed by atoms with van der Waals surface area (Å²) in [6.45, 7) is 2.16. The minimum atomic E-state index is 1.17. The van der Waals surface area contributed by atoms with E-state index in [2.05, 4.69) is 131 Å². The van der Waals surface area contributed by atoms with Crippen LogP contribution in [-0.2, 0) is 0 Å². The Morgan fingerprint density at radius 2 is 0.848 bits per heavy atom. The zero-order valence-corrected chi connectivity index (χ0v) is 18.4. The molecule has 0 aliphatic rings. The van der Waals surface area contributed by atoms with Crippen molar-refractivity contribution in [1.82, 2.24) is 9.13 Å². The summed E-state index contributed by atoms with van der Waals surface area (Å²) in [4.78, 5) is 0. The maximum Gasteiger partial charge on any atom is 0.0541 e. The van der Waals surface area contributed by atoms with Crippen molar-refractivity contribution in [1.29, 1.82) is 0 Å². The number of aryl methyl sites for hydroxylation is 1. The summed E-state index contributed by atoms with van der Waals surface area (Å²) >= 11 is 0. The first-order valence-corrected chi connectivity index (χ1v) is 11.4. The van der Waals surface area contributed by atoms with Crippen LogP contribution < -0.4 is 0 Å². The van der Waals surface area contributed by atoms with Crippen LogP contribution in [0.3, 0.4) is 0 Å². The fraction of sp³-hybridized carbons (Fsp3) is 0.0323. The molecule has 0 saturated heterocycles. The first kappa shape index (κ1) is 18.3. The zero-order valence-electron chi connectivity index (χ0n) is 18.4. The molecule has 0 N–H and O–H groups in total. The van der Waals surface area contributed by atoms with E-state index in [9.17, 15) is 0 Å². The predicted octanol–water partition coefficient (Wildman–Crippen LogP) is 8.19. The molecule has 2 heterocycles. The molecule has 0 saturated carbocycles. The van der Waals surface area contributed by atoms with Gasteiger partial charge in [0, 0.05) is 32.9 Å². The zero-order chi connectivity index (χ0) is 21.9. The van der Waals surface area contributed by atoms with Gasteiger partial charge in [0.05, 0.1) is 22.1 Å². The molecule has 7 rings (SSSR count). The molecule has 0 fully saturated rings. The molecule has 0 unspecified atom stereocenters. The van der Waals surface area contributed by atoms with Gasteiger partial charge in [-0.05, 0) is 55.5 Å². The third-order valence-electron chi connectivity index (χ3n) is 6.75. The van der Waals surface area contributed by atoms with Gasteiger partial charge in [0.25, 0.3) is 0 Å². The van der Waals surface area contributed by atoms with Crippen LogP contribution in [0.1, 0.15) is 5.56 Å². The molecule has 0 bridgehead atoms. The van der Waals surface area contributed by atoms with Gasteiger partial charge in [-0.25, -0.2) is 0 Å². The Morgan fingerprint density at radius 3 is 1.39 bits per heavy atom. The average molecular weight is 423 g/mol. The Kier molecular flexibility index (Phi) is 3.80. The van der Waals surface area contributed by atoms with Gasteiger partial charge in [-0.15, -0.1) is 0 Å². The number of rotatable bonds is 2. The van der Waals surface area contributed by atoms with Crippen molar-refractivity contribution in [2.45, 2.75) is 6.92 Å². The fourth-order valence-corrected chi connectivity index (χ4v) is 5.34. The fourth-order valence-electron chi connectivity index (χ4n) is 5.34. The highest BCUT2D eigenvalue weighted by atomic mass is 15.0. The van der Waals surface area contributed by atoms with Crippen molar-refractivity contribution in [2.24, 2.45) is 0 Å². The van der Waals surface area contributed by atoms with Crippen molar-refractivity contribution in [3.8, 4) is 11.4 Å². The number of aromatic nitrogens is 2. The molecule has 0 radical (unpaired) electrons. The van der Waals surface area contributed by atoms with Gasteiger partial charge in [0.15, 0.2) is 0 Å². The highest BCUT2D eigenvalue weighted by Gasteiger charge is 2.15. The first-order chi connectivity index (χ1) is 16.3. The van der Waals surface area contributed by atoms with E-state index >= 15 is 0 Å². The van der Waals surface area contributed by atoms with E-state index in [0.717, 1.165) is 0 Å². The predicted molar refractivity (Wildman–Crippen MR) is 140 cm³/mol. The van der Waals surface area contributed by atoms with Crippen LogP contribution in [0.4, 0.5) is 0 Å². The Labute approximate surface area is 191 Å². The maximum absolute atomic E-state index is 2.39. The quantitative estimate of drug-likeness (QED) is 0.266. The Bertz CT molecular complexity index is 1780. The summed E-state index contributed by atoms with van der Waals surface area (Å²) in [7, 11) is 0. The second-order valence-corrected chi connectivity index (χ2v) is 8.76. The van der Waals surface area contributed by atoms with Gasteiger partial charge in [-0.1, -0.05) is 72.3 Å². The molecular formula is C31H22N2. The van der Waals surface area contributed by atoms with Crippen LogP contribution in [0.25, 0.3) is 55.0 Å². The molecule has 156 valence electrons. The largest absolute Gasteiger partial charge is 0.309 e. The van der Waals surface area contributed by atoms with Crippen molar-refractivity contribution in [2.75, 3.05) is 0 Å². The lowest BCUT2D eigenvalue weighted by Gasteiger charge is -2.12. The van der Waals surface area contributed by atoms with Gasteiger partial charge >= 0.3 is 0 Å². The van der Waals surface area contributed by atoms with Crippen molar-refractivity contribution in [3.05, 3.63) is 121 Å². The Balaban J connectivity index is 1.55. The first-order valence-electron chi connectivity index (χ1n) is 11.4. The lowest BCUT2D eigenvalue weighted by Crippen LogP contribution is -1.98. The highest BCUT2D eigenvalue weighted by molar-refractivity contribution is 6.10. The second-order valence-electron chi connectivity index (χ2n) is 8.76. The van der Waals surface area contributed by atoms with Gasteiger partial charge in [-0.3, -0.25) is 0 Å². The summed E-state index contributed by atoms with van der Waals surface area (Å²) in [6, 6.07) is 41.7. The molecule has 0 spiro atoms. The number of hydrogen-bond donors (Lipinski definition) is 0. The summed E-state index contributed by atoms with van der Waals surface area (Å²) in [6.07, 6.45) is 0. The molecule has 2 aromatic heterocycles. The van der Waals surface area contributed by atoms with E-state index in [4.69, 9.17) is 0 Å². The lowest BCUT2D eigenvalue weighted by molar-refractivity contribution is 1.13. The molecular weight excluding hydrogens is 400 g/mol. The van der Waals surface area contributed by atoms with E-state index in [0.29, 0.717) is 0 Å². The van der Waals surface area contributed by atoms with Crippen LogP contribution in [0, 0.1) is 6.92 Å². The second kappa shape index (κ2) is 6.85. The SMILES string of the molecule is Cc1ccc2c(c1)c1ccccc1n2-c1cccc(-n2c3ccccc3c3ccccc32)c1. The Hall–Kier alpha value is -4.30. The minimum absolute atomic E-state index is 1.17. The minimum Gasteiger partial charge on any atom is -0.309 e. The number of para-hydroxylation sites is 3. The van der Waals surface area contributed by atoms with Gasteiger partial charge in [0.1, 0.15) is 0 Å². The van der Waals surface area contributed by atoms with E-state index in [1.807, 2.05) is 0 Å². The smallest absolute Gasteiger partial charge is 0.0541 e. The van der Waals surface area contributed by atoms with E-state index in [1.54, 1.807) is 0 Å². The third kappa shape index (κ3) is 2.61. The molecule has 33 heavy (non-hydrogen) atoms. The molecule has 2 nitrogen and oxygen atoms in total. The van der Waals surface area contributed by atoms with Gasteiger partial charge in [-0.2, -0.15) is 0 Å². The molecule has 7 aromatic rings. The maximum atomic E-state index is 2.39. The molecule has 0 aliphatic heterocycles. The normalized spacial score (nSPS) is 11.8. The highest BCUT2D eigenvalue weighted by Crippen LogP contribution is 2.35. The number of benzene rings is 5.